The van der Waals surface area contributed by atoms with E-state index in [-0.39, 0.29) is 5.69 Å². The van der Waals surface area contributed by atoms with Crippen molar-refractivity contribution in [3.63, 3.8) is 0 Å². The Hall–Kier alpha value is -1.44. The van der Waals surface area contributed by atoms with Gasteiger partial charge in [-0.15, -0.1) is 12.6 Å². The van der Waals surface area contributed by atoms with Gasteiger partial charge in [-0.1, -0.05) is 0 Å². The molecule has 0 aromatic heterocycles. The number of rotatable bonds is 1. The van der Waals surface area contributed by atoms with Crippen LogP contribution in [0.3, 0.4) is 0 Å². The number of nitrogens with two attached hydrogens (primary N) is 1. The summed E-state index contributed by atoms with van der Waals surface area (Å²) in [7, 11) is 0. The first-order chi connectivity index (χ1) is 6.75. The second-order valence-electron chi connectivity index (χ2n) is 2.65. The molecule has 0 radical (unpaired) electrons. The Labute approximate surface area is 87.4 Å². The fourth-order valence-corrected chi connectivity index (χ4v) is 1.43. The van der Waals surface area contributed by atoms with Gasteiger partial charge < -0.3 is 5.73 Å². The highest BCUT2D eigenvalue weighted by Crippen LogP contribution is 2.40. The summed E-state index contributed by atoms with van der Waals surface area (Å²) in [5.74, 6) is 0. The zero-order valence-electron chi connectivity index (χ0n) is 7.08. The number of nitrogen functional groups attached to an aromatic ring is 1. The molecule has 4 nitrogen and oxygen atoms in total. The molecule has 1 aromatic carbocycles. The average molecular weight is 238 g/mol. The van der Waals surface area contributed by atoms with Crippen LogP contribution in [0.15, 0.2) is 17.0 Å². The van der Waals surface area contributed by atoms with Crippen LogP contribution in [-0.4, -0.2) is 4.92 Å². The Bertz CT molecular complexity index is 419. The number of hydrogen-bond donors (Lipinski definition) is 2. The van der Waals surface area contributed by atoms with E-state index in [4.69, 9.17) is 5.73 Å². The molecule has 0 unspecified atom stereocenters. The Morgan fingerprint density at radius 2 is 1.93 bits per heavy atom. The van der Waals surface area contributed by atoms with E-state index >= 15 is 0 Å². The second-order valence-corrected chi connectivity index (χ2v) is 3.10. The van der Waals surface area contributed by atoms with Gasteiger partial charge in [0.1, 0.15) is 5.69 Å². The van der Waals surface area contributed by atoms with Crippen LogP contribution >= 0.6 is 12.6 Å². The van der Waals surface area contributed by atoms with Gasteiger partial charge in [0, 0.05) is 0 Å². The number of nitrogens with zero attached hydrogens (tertiary/aromatic N) is 1. The molecule has 0 fully saturated rings. The van der Waals surface area contributed by atoms with Crippen molar-refractivity contribution >= 4 is 24.0 Å². The molecular formula is C7H5F3N2O2S. The normalized spacial score (nSPS) is 11.5. The molecule has 0 atom stereocenters. The zero-order valence-corrected chi connectivity index (χ0v) is 7.97. The van der Waals surface area contributed by atoms with Gasteiger partial charge in [0.25, 0.3) is 0 Å². The van der Waals surface area contributed by atoms with E-state index in [0.29, 0.717) is 6.07 Å². The summed E-state index contributed by atoms with van der Waals surface area (Å²) in [4.78, 5) is 8.67. The lowest BCUT2D eigenvalue weighted by Crippen LogP contribution is -2.09. The van der Waals surface area contributed by atoms with E-state index in [1.165, 1.54) is 0 Å². The summed E-state index contributed by atoms with van der Waals surface area (Å²) >= 11 is 3.47. The van der Waals surface area contributed by atoms with Gasteiger partial charge in [-0.05, 0) is 12.1 Å². The molecule has 0 bridgehead atoms. The lowest BCUT2D eigenvalue weighted by atomic mass is 10.1. The number of benzene rings is 1. The Balaban J connectivity index is 3.49. The number of anilines is 1. The molecule has 2 N–H and O–H groups in total. The Morgan fingerprint density at radius 1 is 1.40 bits per heavy atom. The van der Waals surface area contributed by atoms with Gasteiger partial charge in [0.05, 0.1) is 15.4 Å². The number of nitro benzene ring substituents is 1. The highest BCUT2D eigenvalue weighted by atomic mass is 32.1. The van der Waals surface area contributed by atoms with Gasteiger partial charge >= 0.3 is 11.9 Å². The maximum absolute atomic E-state index is 12.3. The minimum atomic E-state index is -4.68. The first-order valence-electron chi connectivity index (χ1n) is 3.58. The number of alkyl halides is 3. The predicted octanol–water partition coefficient (Wildman–Crippen LogP) is 2.48. The minimum Gasteiger partial charge on any atom is -0.393 e. The van der Waals surface area contributed by atoms with Crippen LogP contribution in [0.4, 0.5) is 24.5 Å². The first-order valence-corrected chi connectivity index (χ1v) is 4.03. The lowest BCUT2D eigenvalue weighted by molar-refractivity contribution is -0.387. The highest BCUT2D eigenvalue weighted by Gasteiger charge is 2.36. The topological polar surface area (TPSA) is 69.2 Å². The number of nitro groups is 1. The van der Waals surface area contributed by atoms with Crippen LogP contribution in [0.25, 0.3) is 0 Å². The van der Waals surface area contributed by atoms with Crippen molar-refractivity contribution in [2.24, 2.45) is 0 Å². The van der Waals surface area contributed by atoms with Crippen LogP contribution in [0.5, 0.6) is 0 Å². The smallest absolute Gasteiger partial charge is 0.393 e. The van der Waals surface area contributed by atoms with E-state index in [2.05, 4.69) is 12.6 Å². The lowest BCUT2D eigenvalue weighted by Gasteiger charge is -2.10. The van der Waals surface area contributed by atoms with E-state index in [1.54, 1.807) is 0 Å². The van der Waals surface area contributed by atoms with Crippen molar-refractivity contribution in [1.82, 2.24) is 0 Å². The third-order valence-corrected chi connectivity index (χ3v) is 2.12. The van der Waals surface area contributed by atoms with Gasteiger partial charge in [0.2, 0.25) is 0 Å². The Kier molecular flexibility index (Phi) is 2.80. The van der Waals surface area contributed by atoms with Crippen LogP contribution in [-0.2, 0) is 6.18 Å². The molecule has 0 amide bonds. The summed E-state index contributed by atoms with van der Waals surface area (Å²) in [6.45, 7) is 0. The van der Waals surface area contributed by atoms with Crippen LogP contribution in [0.1, 0.15) is 5.56 Å². The van der Waals surface area contributed by atoms with Crippen molar-refractivity contribution < 1.29 is 18.1 Å². The molecule has 0 aliphatic rings. The SMILES string of the molecule is Nc1ccc(C(F)(F)F)c(S)c1[N+](=O)[O-]. The van der Waals surface area contributed by atoms with Gasteiger partial charge in [-0.3, -0.25) is 10.1 Å². The van der Waals surface area contributed by atoms with E-state index in [0.717, 1.165) is 6.07 Å². The molecule has 0 aliphatic heterocycles. The quantitative estimate of drug-likeness (QED) is 0.342. The third-order valence-electron chi connectivity index (χ3n) is 1.67. The maximum Gasteiger partial charge on any atom is 0.417 e. The van der Waals surface area contributed by atoms with Crippen LogP contribution < -0.4 is 5.73 Å². The Morgan fingerprint density at radius 3 is 2.33 bits per heavy atom. The maximum atomic E-state index is 12.3. The number of thiol groups is 1. The standard InChI is InChI=1S/C7H5F3N2O2S/c8-7(9,10)3-1-2-4(11)5(6(3)15)12(13)14/h1-2,15H,11H2. The molecule has 82 valence electrons. The van der Waals surface area contributed by atoms with E-state index in [9.17, 15) is 23.3 Å². The summed E-state index contributed by atoms with van der Waals surface area (Å²) < 4.78 is 36.9. The summed E-state index contributed by atoms with van der Waals surface area (Å²) in [5, 5.41) is 10.4. The van der Waals surface area contributed by atoms with Crippen molar-refractivity contribution in [1.29, 1.82) is 0 Å². The molecule has 1 aromatic rings. The summed E-state index contributed by atoms with van der Waals surface area (Å²) in [5.41, 5.74) is 2.83. The van der Waals surface area contributed by atoms with Crippen molar-refractivity contribution in [3.8, 4) is 0 Å². The van der Waals surface area contributed by atoms with E-state index < -0.39 is 27.2 Å². The molecular weight excluding hydrogens is 233 g/mol. The average Bonchev–Trinajstić information content (AvgIpc) is 2.00. The number of halogens is 3. The van der Waals surface area contributed by atoms with Crippen LogP contribution in [0, 0.1) is 10.1 Å². The van der Waals surface area contributed by atoms with Crippen LogP contribution in [0.2, 0.25) is 0 Å². The third kappa shape index (κ3) is 2.14. The monoisotopic (exact) mass is 238 g/mol. The minimum absolute atomic E-state index is 0.349. The molecule has 0 aliphatic carbocycles. The molecule has 0 saturated heterocycles. The van der Waals surface area contributed by atoms with E-state index in [1.807, 2.05) is 0 Å². The summed E-state index contributed by atoms with van der Waals surface area (Å²) in [6.07, 6.45) is -4.68. The molecule has 15 heavy (non-hydrogen) atoms. The van der Waals surface area contributed by atoms with Crippen molar-refractivity contribution in [3.05, 3.63) is 27.8 Å². The fourth-order valence-electron chi connectivity index (χ4n) is 1.02. The molecule has 0 spiro atoms. The zero-order chi connectivity index (χ0) is 11.8. The van der Waals surface area contributed by atoms with Gasteiger partial charge in [-0.25, -0.2) is 0 Å². The van der Waals surface area contributed by atoms with Gasteiger partial charge in [-0.2, -0.15) is 13.2 Å². The first kappa shape index (κ1) is 11.6. The molecule has 8 heteroatoms. The second kappa shape index (κ2) is 3.61. The number of hydrogen-bond acceptors (Lipinski definition) is 4. The largest absolute Gasteiger partial charge is 0.417 e. The highest BCUT2D eigenvalue weighted by molar-refractivity contribution is 7.80. The van der Waals surface area contributed by atoms with Gasteiger partial charge in [0.15, 0.2) is 0 Å². The van der Waals surface area contributed by atoms with Crippen molar-refractivity contribution in [2.45, 2.75) is 11.1 Å². The molecule has 0 heterocycles. The molecule has 1 rings (SSSR count). The fraction of sp³-hybridized carbons (Fsp3) is 0.143. The van der Waals surface area contributed by atoms with Crippen molar-refractivity contribution in [2.75, 3.05) is 5.73 Å². The predicted molar refractivity (Wildman–Crippen MR) is 49.8 cm³/mol. The molecule has 0 saturated carbocycles. The summed E-state index contributed by atoms with van der Waals surface area (Å²) in [6, 6.07) is 1.49.